The first kappa shape index (κ1) is 6.81. The molecule has 0 aromatic heterocycles. The third-order valence-electron chi connectivity index (χ3n) is 1.82. The van der Waals surface area contributed by atoms with Gasteiger partial charge in [-0.25, -0.2) is 0 Å². The SMILES string of the molecule is CCCC1=CC(N)CC1. The summed E-state index contributed by atoms with van der Waals surface area (Å²) in [5.41, 5.74) is 7.25. The predicted octanol–water partition coefficient (Wildman–Crippen LogP) is 1.83. The van der Waals surface area contributed by atoms with Gasteiger partial charge in [0.25, 0.3) is 0 Å². The minimum atomic E-state index is 0.367. The Labute approximate surface area is 56.9 Å². The quantitative estimate of drug-likeness (QED) is 0.560. The highest BCUT2D eigenvalue weighted by atomic mass is 14.6. The fourth-order valence-electron chi connectivity index (χ4n) is 1.35. The summed E-state index contributed by atoms with van der Waals surface area (Å²) in [6.45, 7) is 2.21. The van der Waals surface area contributed by atoms with Gasteiger partial charge in [0.2, 0.25) is 0 Å². The maximum atomic E-state index is 5.68. The van der Waals surface area contributed by atoms with Crippen LogP contribution in [0.25, 0.3) is 0 Å². The highest BCUT2D eigenvalue weighted by Crippen LogP contribution is 2.20. The van der Waals surface area contributed by atoms with E-state index in [0.717, 1.165) is 0 Å². The third-order valence-corrected chi connectivity index (χ3v) is 1.82. The zero-order chi connectivity index (χ0) is 6.69. The van der Waals surface area contributed by atoms with E-state index < -0.39 is 0 Å². The molecule has 52 valence electrons. The van der Waals surface area contributed by atoms with Gasteiger partial charge in [-0.1, -0.05) is 25.0 Å². The van der Waals surface area contributed by atoms with Gasteiger partial charge in [-0.2, -0.15) is 0 Å². The van der Waals surface area contributed by atoms with E-state index in [-0.39, 0.29) is 0 Å². The average Bonchev–Trinajstić information content (AvgIpc) is 2.17. The lowest BCUT2D eigenvalue weighted by atomic mass is 10.1. The van der Waals surface area contributed by atoms with Crippen LogP contribution in [0.5, 0.6) is 0 Å². The highest BCUT2D eigenvalue weighted by molar-refractivity contribution is 5.12. The number of nitrogens with two attached hydrogens (primary N) is 1. The van der Waals surface area contributed by atoms with Gasteiger partial charge < -0.3 is 5.73 Å². The molecule has 0 spiro atoms. The van der Waals surface area contributed by atoms with Gasteiger partial charge in [-0.3, -0.25) is 0 Å². The summed E-state index contributed by atoms with van der Waals surface area (Å²) in [5.74, 6) is 0. The Hall–Kier alpha value is -0.300. The first-order valence-corrected chi connectivity index (χ1v) is 3.78. The van der Waals surface area contributed by atoms with Crippen molar-refractivity contribution in [1.29, 1.82) is 0 Å². The molecule has 0 radical (unpaired) electrons. The number of hydrogen-bond donors (Lipinski definition) is 1. The zero-order valence-corrected chi connectivity index (χ0v) is 6.06. The molecule has 1 rings (SSSR count). The molecule has 1 unspecified atom stereocenters. The van der Waals surface area contributed by atoms with E-state index in [2.05, 4.69) is 13.0 Å². The molecule has 0 saturated carbocycles. The molecule has 0 aliphatic heterocycles. The first-order valence-electron chi connectivity index (χ1n) is 3.78. The zero-order valence-electron chi connectivity index (χ0n) is 6.06. The lowest BCUT2D eigenvalue weighted by Gasteiger charge is -1.93. The predicted molar refractivity (Wildman–Crippen MR) is 40.2 cm³/mol. The fraction of sp³-hybridized carbons (Fsp3) is 0.750. The van der Waals surface area contributed by atoms with E-state index in [0.29, 0.717) is 6.04 Å². The van der Waals surface area contributed by atoms with Gasteiger partial charge in [-0.05, 0) is 19.3 Å². The third kappa shape index (κ3) is 1.83. The van der Waals surface area contributed by atoms with Crippen molar-refractivity contribution in [3.05, 3.63) is 11.6 Å². The Morgan fingerprint density at radius 1 is 1.78 bits per heavy atom. The average molecular weight is 125 g/mol. The van der Waals surface area contributed by atoms with Crippen LogP contribution in [0.15, 0.2) is 11.6 Å². The summed E-state index contributed by atoms with van der Waals surface area (Å²) < 4.78 is 0. The standard InChI is InChI=1S/C8H15N/c1-2-3-7-4-5-8(9)6-7/h6,8H,2-5,9H2,1H3. The number of rotatable bonds is 2. The van der Waals surface area contributed by atoms with E-state index in [1.165, 1.54) is 25.7 Å². The summed E-state index contributed by atoms with van der Waals surface area (Å²) >= 11 is 0. The molecule has 1 aliphatic carbocycles. The summed E-state index contributed by atoms with van der Waals surface area (Å²) in [7, 11) is 0. The maximum Gasteiger partial charge on any atom is 0.0229 e. The summed E-state index contributed by atoms with van der Waals surface area (Å²) in [6.07, 6.45) is 7.17. The smallest absolute Gasteiger partial charge is 0.0229 e. The summed E-state index contributed by atoms with van der Waals surface area (Å²) in [4.78, 5) is 0. The van der Waals surface area contributed by atoms with Gasteiger partial charge in [0.1, 0.15) is 0 Å². The van der Waals surface area contributed by atoms with Crippen LogP contribution < -0.4 is 5.73 Å². The Bertz CT molecular complexity index is 116. The van der Waals surface area contributed by atoms with Crippen LogP contribution in [-0.2, 0) is 0 Å². The van der Waals surface area contributed by atoms with Crippen molar-refractivity contribution < 1.29 is 0 Å². The normalized spacial score (nSPS) is 26.4. The maximum absolute atomic E-state index is 5.68. The molecule has 1 nitrogen and oxygen atoms in total. The van der Waals surface area contributed by atoms with Crippen LogP contribution in [0.3, 0.4) is 0 Å². The van der Waals surface area contributed by atoms with Gasteiger partial charge in [0, 0.05) is 6.04 Å². The number of hydrogen-bond acceptors (Lipinski definition) is 1. The second-order valence-corrected chi connectivity index (χ2v) is 2.78. The first-order chi connectivity index (χ1) is 4.33. The number of allylic oxidation sites excluding steroid dienone is 1. The molecule has 0 aromatic rings. The molecule has 9 heavy (non-hydrogen) atoms. The Morgan fingerprint density at radius 3 is 3.00 bits per heavy atom. The molecule has 1 heteroatoms. The fourth-order valence-corrected chi connectivity index (χ4v) is 1.35. The lowest BCUT2D eigenvalue weighted by molar-refractivity contribution is 0.759. The summed E-state index contributed by atoms with van der Waals surface area (Å²) in [5, 5.41) is 0. The molecule has 0 saturated heterocycles. The van der Waals surface area contributed by atoms with Crippen molar-refractivity contribution >= 4 is 0 Å². The molecule has 0 amide bonds. The van der Waals surface area contributed by atoms with E-state index in [1.807, 2.05) is 0 Å². The molecule has 0 bridgehead atoms. The second kappa shape index (κ2) is 3.02. The van der Waals surface area contributed by atoms with Crippen molar-refractivity contribution in [3.63, 3.8) is 0 Å². The van der Waals surface area contributed by atoms with Crippen LogP contribution in [0.4, 0.5) is 0 Å². The van der Waals surface area contributed by atoms with Gasteiger partial charge in [-0.15, -0.1) is 0 Å². The van der Waals surface area contributed by atoms with Crippen molar-refractivity contribution in [2.75, 3.05) is 0 Å². The van der Waals surface area contributed by atoms with Crippen molar-refractivity contribution in [2.24, 2.45) is 5.73 Å². The molecular formula is C8H15N. The van der Waals surface area contributed by atoms with Gasteiger partial charge in [0.15, 0.2) is 0 Å². The molecule has 1 aliphatic rings. The van der Waals surface area contributed by atoms with Crippen LogP contribution in [-0.4, -0.2) is 6.04 Å². The van der Waals surface area contributed by atoms with Crippen LogP contribution in [0, 0.1) is 0 Å². The van der Waals surface area contributed by atoms with Gasteiger partial charge >= 0.3 is 0 Å². The Morgan fingerprint density at radius 2 is 2.56 bits per heavy atom. The van der Waals surface area contributed by atoms with Crippen molar-refractivity contribution in [1.82, 2.24) is 0 Å². The second-order valence-electron chi connectivity index (χ2n) is 2.78. The minimum absolute atomic E-state index is 0.367. The van der Waals surface area contributed by atoms with Crippen LogP contribution in [0.2, 0.25) is 0 Å². The molecular weight excluding hydrogens is 110 g/mol. The molecule has 0 fully saturated rings. The van der Waals surface area contributed by atoms with Crippen molar-refractivity contribution in [2.45, 2.75) is 38.6 Å². The molecule has 0 heterocycles. The van der Waals surface area contributed by atoms with E-state index >= 15 is 0 Å². The van der Waals surface area contributed by atoms with Crippen molar-refractivity contribution in [3.8, 4) is 0 Å². The lowest BCUT2D eigenvalue weighted by Crippen LogP contribution is -2.11. The molecule has 1 atom stereocenters. The van der Waals surface area contributed by atoms with Gasteiger partial charge in [0.05, 0.1) is 0 Å². The van der Waals surface area contributed by atoms with Crippen LogP contribution in [0.1, 0.15) is 32.6 Å². The van der Waals surface area contributed by atoms with Crippen LogP contribution >= 0.6 is 0 Å². The monoisotopic (exact) mass is 125 g/mol. The Kier molecular flexibility index (Phi) is 2.29. The van der Waals surface area contributed by atoms with E-state index in [1.54, 1.807) is 5.57 Å². The topological polar surface area (TPSA) is 26.0 Å². The van der Waals surface area contributed by atoms with E-state index in [4.69, 9.17) is 5.73 Å². The van der Waals surface area contributed by atoms with E-state index in [9.17, 15) is 0 Å². The minimum Gasteiger partial charge on any atom is -0.324 e. The summed E-state index contributed by atoms with van der Waals surface area (Å²) in [6, 6.07) is 0.367. The molecule has 0 aromatic carbocycles. The Balaban J connectivity index is 2.33. The largest absolute Gasteiger partial charge is 0.324 e. The highest BCUT2D eigenvalue weighted by Gasteiger charge is 2.09. The molecule has 2 N–H and O–H groups in total.